The van der Waals surface area contributed by atoms with E-state index in [1.54, 1.807) is 19.1 Å². The molecule has 1 aromatic carbocycles. The Morgan fingerprint density at radius 2 is 2.15 bits per heavy atom. The maximum atomic E-state index is 13.4. The molecule has 3 aromatic rings. The Morgan fingerprint density at radius 1 is 1.27 bits per heavy atom. The number of rotatable bonds is 3. The van der Waals surface area contributed by atoms with E-state index in [0.717, 1.165) is 31.0 Å². The Hall–Kier alpha value is -2.96. The smallest absolute Gasteiger partial charge is 0.231 e. The Balaban J connectivity index is 1.49. The third kappa shape index (κ3) is 3.12. The van der Waals surface area contributed by atoms with Gasteiger partial charge in [0.2, 0.25) is 11.9 Å². The van der Waals surface area contributed by atoms with Crippen molar-refractivity contribution in [2.75, 3.05) is 23.3 Å². The van der Waals surface area contributed by atoms with Gasteiger partial charge in [0.05, 0.1) is 5.92 Å². The molecule has 0 saturated carbocycles. The monoisotopic (exact) mass is 353 g/mol. The average Bonchev–Trinajstić information content (AvgIpc) is 3.09. The van der Waals surface area contributed by atoms with Gasteiger partial charge >= 0.3 is 0 Å². The molecule has 2 aromatic heterocycles. The predicted molar refractivity (Wildman–Crippen MR) is 97.7 cm³/mol. The minimum Gasteiger partial charge on any atom is -0.340 e. The number of carbonyl (C=O) groups excluding carboxylic acids is 1. The van der Waals surface area contributed by atoms with Crippen molar-refractivity contribution in [2.24, 2.45) is 5.92 Å². The largest absolute Gasteiger partial charge is 0.340 e. The second-order valence-electron chi connectivity index (χ2n) is 6.67. The van der Waals surface area contributed by atoms with Crippen LogP contribution in [0.5, 0.6) is 0 Å². The van der Waals surface area contributed by atoms with Gasteiger partial charge in [-0.1, -0.05) is 6.07 Å². The number of piperidine rings is 1. The van der Waals surface area contributed by atoms with Crippen molar-refractivity contribution in [3.8, 4) is 0 Å². The highest BCUT2D eigenvalue weighted by molar-refractivity contribution is 5.93. The summed E-state index contributed by atoms with van der Waals surface area (Å²) in [5.41, 5.74) is 1.93. The third-order valence-corrected chi connectivity index (χ3v) is 4.80. The van der Waals surface area contributed by atoms with Crippen LogP contribution in [0, 0.1) is 18.7 Å². The van der Waals surface area contributed by atoms with Crippen molar-refractivity contribution in [1.29, 1.82) is 0 Å². The number of pyridine rings is 1. The lowest BCUT2D eigenvalue weighted by Gasteiger charge is -2.32. The topological polar surface area (TPSA) is 62.5 Å². The van der Waals surface area contributed by atoms with E-state index >= 15 is 0 Å². The lowest BCUT2D eigenvalue weighted by molar-refractivity contribution is -0.120. The van der Waals surface area contributed by atoms with Gasteiger partial charge in [-0.3, -0.25) is 9.20 Å². The minimum absolute atomic E-state index is 0.0467. The maximum absolute atomic E-state index is 13.4. The van der Waals surface area contributed by atoms with E-state index in [-0.39, 0.29) is 17.6 Å². The van der Waals surface area contributed by atoms with Crippen LogP contribution in [0.25, 0.3) is 5.65 Å². The number of carbonyl (C=O) groups is 1. The van der Waals surface area contributed by atoms with Crippen molar-refractivity contribution in [1.82, 2.24) is 14.6 Å². The van der Waals surface area contributed by atoms with E-state index in [1.807, 2.05) is 28.8 Å². The molecule has 26 heavy (non-hydrogen) atoms. The molecule has 1 atom stereocenters. The van der Waals surface area contributed by atoms with Gasteiger partial charge in [0.25, 0.3) is 0 Å². The molecule has 1 amide bonds. The molecule has 1 aliphatic rings. The number of hydrogen-bond donors (Lipinski definition) is 1. The molecular weight excluding hydrogens is 333 g/mol. The molecular formula is C19H20FN5O. The highest BCUT2D eigenvalue weighted by Gasteiger charge is 2.28. The van der Waals surface area contributed by atoms with Crippen molar-refractivity contribution in [3.05, 3.63) is 54.0 Å². The molecule has 3 heterocycles. The fraction of sp³-hybridized carbons (Fsp3) is 0.316. The Bertz CT molecular complexity index is 954. The summed E-state index contributed by atoms with van der Waals surface area (Å²) in [6.45, 7) is 3.11. The van der Waals surface area contributed by atoms with Crippen molar-refractivity contribution in [3.63, 3.8) is 0 Å². The fourth-order valence-electron chi connectivity index (χ4n) is 3.38. The standard InChI is InChI=1S/C19H20FN5O/c1-13-11-15(7-8-16(13)20)21-18(26)14-5-4-9-24(12-14)19-23-22-17-6-2-3-10-25(17)19/h2-3,6-8,10-11,14H,4-5,9,12H2,1H3,(H,21,26)/t14-/m1/s1. The average molecular weight is 353 g/mol. The van der Waals surface area contributed by atoms with Crippen LogP contribution in [0.1, 0.15) is 18.4 Å². The molecule has 134 valence electrons. The van der Waals surface area contributed by atoms with E-state index < -0.39 is 0 Å². The number of amides is 1. The van der Waals surface area contributed by atoms with Gasteiger partial charge in [-0.25, -0.2) is 4.39 Å². The van der Waals surface area contributed by atoms with Crippen molar-refractivity contribution in [2.45, 2.75) is 19.8 Å². The van der Waals surface area contributed by atoms with Gasteiger partial charge in [-0.15, -0.1) is 10.2 Å². The summed E-state index contributed by atoms with van der Waals surface area (Å²) in [6.07, 6.45) is 3.65. The number of aromatic nitrogens is 3. The van der Waals surface area contributed by atoms with Gasteiger partial charge in [0, 0.05) is 25.0 Å². The van der Waals surface area contributed by atoms with Crippen LogP contribution in [-0.2, 0) is 4.79 Å². The summed E-state index contributed by atoms with van der Waals surface area (Å²) in [7, 11) is 0. The number of hydrogen-bond acceptors (Lipinski definition) is 4. The first-order chi connectivity index (χ1) is 12.6. The molecule has 0 aliphatic carbocycles. The molecule has 0 radical (unpaired) electrons. The lowest BCUT2D eigenvalue weighted by atomic mass is 9.97. The molecule has 6 nitrogen and oxygen atoms in total. The summed E-state index contributed by atoms with van der Waals surface area (Å²) >= 11 is 0. The quantitative estimate of drug-likeness (QED) is 0.786. The number of fused-ring (bicyclic) bond motifs is 1. The molecule has 1 aliphatic heterocycles. The van der Waals surface area contributed by atoms with Gasteiger partial charge in [0.1, 0.15) is 5.82 Å². The normalized spacial score (nSPS) is 17.5. The second-order valence-corrected chi connectivity index (χ2v) is 6.67. The lowest BCUT2D eigenvalue weighted by Crippen LogP contribution is -2.41. The predicted octanol–water partition coefficient (Wildman–Crippen LogP) is 3.03. The van der Waals surface area contributed by atoms with E-state index in [1.165, 1.54) is 6.07 Å². The Morgan fingerprint density at radius 3 is 3.00 bits per heavy atom. The van der Waals surface area contributed by atoms with Gasteiger partial charge in [-0.2, -0.15) is 0 Å². The maximum Gasteiger partial charge on any atom is 0.231 e. The van der Waals surface area contributed by atoms with E-state index in [2.05, 4.69) is 20.4 Å². The first-order valence-electron chi connectivity index (χ1n) is 8.73. The summed E-state index contributed by atoms with van der Waals surface area (Å²) in [5, 5.41) is 11.4. The number of nitrogens with zero attached hydrogens (tertiary/aromatic N) is 4. The zero-order valence-electron chi connectivity index (χ0n) is 14.5. The molecule has 0 unspecified atom stereocenters. The highest BCUT2D eigenvalue weighted by atomic mass is 19.1. The SMILES string of the molecule is Cc1cc(NC(=O)[C@@H]2CCCN(c3nnc4ccccn34)C2)ccc1F. The molecule has 7 heteroatoms. The van der Waals surface area contributed by atoms with Crippen LogP contribution in [0.15, 0.2) is 42.6 Å². The van der Waals surface area contributed by atoms with Crippen molar-refractivity contribution >= 4 is 23.2 Å². The summed E-state index contributed by atoms with van der Waals surface area (Å²) in [4.78, 5) is 14.8. The van der Waals surface area contributed by atoms with Crippen LogP contribution in [0.2, 0.25) is 0 Å². The number of benzene rings is 1. The number of anilines is 2. The van der Waals surface area contributed by atoms with Crippen LogP contribution in [-0.4, -0.2) is 33.6 Å². The van der Waals surface area contributed by atoms with Crippen LogP contribution >= 0.6 is 0 Å². The number of halogens is 1. The Kier molecular flexibility index (Phi) is 4.28. The molecule has 1 saturated heterocycles. The zero-order chi connectivity index (χ0) is 18.1. The van der Waals surface area contributed by atoms with Gasteiger partial charge in [-0.05, 0) is 55.7 Å². The third-order valence-electron chi connectivity index (χ3n) is 4.80. The van der Waals surface area contributed by atoms with E-state index in [0.29, 0.717) is 17.8 Å². The van der Waals surface area contributed by atoms with Crippen LogP contribution < -0.4 is 10.2 Å². The highest BCUT2D eigenvalue weighted by Crippen LogP contribution is 2.24. The second kappa shape index (κ2) is 6.74. The first-order valence-corrected chi connectivity index (χ1v) is 8.73. The molecule has 1 N–H and O–H groups in total. The van der Waals surface area contributed by atoms with E-state index in [9.17, 15) is 9.18 Å². The molecule has 4 rings (SSSR count). The molecule has 0 bridgehead atoms. The minimum atomic E-state index is -0.273. The molecule has 1 fully saturated rings. The van der Waals surface area contributed by atoms with Gasteiger partial charge in [0.15, 0.2) is 5.65 Å². The van der Waals surface area contributed by atoms with Gasteiger partial charge < -0.3 is 10.2 Å². The first kappa shape index (κ1) is 16.5. The number of aryl methyl sites for hydroxylation is 1. The fourth-order valence-corrected chi connectivity index (χ4v) is 3.38. The summed E-state index contributed by atoms with van der Waals surface area (Å²) in [5.74, 6) is 0.293. The van der Waals surface area contributed by atoms with Crippen LogP contribution in [0.3, 0.4) is 0 Å². The summed E-state index contributed by atoms with van der Waals surface area (Å²) in [6, 6.07) is 10.4. The van der Waals surface area contributed by atoms with E-state index in [4.69, 9.17) is 0 Å². The van der Waals surface area contributed by atoms with Crippen LogP contribution in [0.4, 0.5) is 16.0 Å². The number of nitrogens with one attached hydrogen (secondary N) is 1. The zero-order valence-corrected chi connectivity index (χ0v) is 14.5. The van der Waals surface area contributed by atoms with Crippen molar-refractivity contribution < 1.29 is 9.18 Å². The Labute approximate surface area is 150 Å². The molecule has 0 spiro atoms. The summed E-state index contributed by atoms with van der Waals surface area (Å²) < 4.78 is 15.3.